The number of hydrogen-bond acceptors (Lipinski definition) is 8. The van der Waals surface area contributed by atoms with Crippen LogP contribution in [0, 0.1) is 0 Å². The molecule has 1 unspecified atom stereocenters. The first-order valence-electron chi connectivity index (χ1n) is 14.3. The van der Waals surface area contributed by atoms with Gasteiger partial charge in [-0.15, -0.1) is 0 Å². The summed E-state index contributed by atoms with van der Waals surface area (Å²) >= 11 is 7.59. The van der Waals surface area contributed by atoms with Crippen molar-refractivity contribution in [2.45, 2.75) is 50.7 Å². The van der Waals surface area contributed by atoms with E-state index < -0.39 is 0 Å². The Bertz CT molecular complexity index is 1430. The number of ether oxygens (including phenoxy) is 2. The number of benzene rings is 2. The van der Waals surface area contributed by atoms with Gasteiger partial charge < -0.3 is 24.6 Å². The van der Waals surface area contributed by atoms with Crippen LogP contribution in [0.4, 0.5) is 5.82 Å². The second-order valence-corrected chi connectivity index (χ2v) is 12.9. The smallest absolute Gasteiger partial charge is 0.254 e. The lowest BCUT2D eigenvalue weighted by Gasteiger charge is -2.40. The molecule has 3 aromatic rings. The van der Waals surface area contributed by atoms with E-state index in [1.807, 2.05) is 54.3 Å². The number of carbonyl (C=O) groups excluding carboxylic acids is 2. The summed E-state index contributed by atoms with van der Waals surface area (Å²) in [6, 6.07) is 15.3. The molecule has 0 saturated carbocycles. The molecule has 11 heteroatoms. The molecule has 2 heterocycles. The number of carbonyl (C=O) groups is 2. The van der Waals surface area contributed by atoms with Crippen molar-refractivity contribution in [3.63, 3.8) is 0 Å². The number of nitrogens with zero attached hydrogens (tertiary/aromatic N) is 4. The molecule has 0 aliphatic carbocycles. The average Bonchev–Trinajstić information content (AvgIpc) is 2.99. The summed E-state index contributed by atoms with van der Waals surface area (Å²) in [5.41, 5.74) is 2.96. The molecule has 2 amide bonds. The zero-order valence-electron chi connectivity index (χ0n) is 25.6. The molecule has 43 heavy (non-hydrogen) atoms. The molecule has 1 atom stereocenters. The van der Waals surface area contributed by atoms with E-state index in [1.54, 1.807) is 20.3 Å². The third kappa shape index (κ3) is 8.54. The highest BCUT2D eigenvalue weighted by Crippen LogP contribution is 2.28. The van der Waals surface area contributed by atoms with Crippen LogP contribution in [0.25, 0.3) is 0 Å². The van der Waals surface area contributed by atoms with Gasteiger partial charge >= 0.3 is 0 Å². The van der Waals surface area contributed by atoms with Crippen molar-refractivity contribution >= 4 is 41.0 Å². The monoisotopic (exact) mass is 625 g/mol. The molecule has 1 N–H and O–H groups in total. The quantitative estimate of drug-likeness (QED) is 0.186. The summed E-state index contributed by atoms with van der Waals surface area (Å²) in [6.45, 7) is 10.8. The summed E-state index contributed by atoms with van der Waals surface area (Å²) in [5, 5.41) is 3.68. The molecule has 1 fully saturated rings. The first-order chi connectivity index (χ1) is 20.5. The molecule has 1 saturated heterocycles. The van der Waals surface area contributed by atoms with Crippen LogP contribution in [-0.4, -0.2) is 78.9 Å². The maximum absolute atomic E-state index is 13.3. The van der Waals surface area contributed by atoms with Crippen LogP contribution in [0.5, 0.6) is 11.5 Å². The lowest BCUT2D eigenvalue weighted by molar-refractivity contribution is -0.118. The van der Waals surface area contributed by atoms with Crippen molar-refractivity contribution in [3.05, 3.63) is 70.4 Å². The van der Waals surface area contributed by atoms with Crippen LogP contribution >= 0.6 is 23.4 Å². The maximum Gasteiger partial charge on any atom is 0.254 e. The first-order valence-corrected chi connectivity index (χ1v) is 15.7. The van der Waals surface area contributed by atoms with Gasteiger partial charge in [-0.3, -0.25) is 9.59 Å². The van der Waals surface area contributed by atoms with Gasteiger partial charge in [0.1, 0.15) is 11.0 Å². The lowest BCUT2D eigenvalue weighted by atomic mass is 9.86. The molecule has 2 aromatic carbocycles. The van der Waals surface area contributed by atoms with Crippen LogP contribution in [0.2, 0.25) is 5.15 Å². The highest BCUT2D eigenvalue weighted by Gasteiger charge is 2.29. The Morgan fingerprint density at radius 3 is 2.40 bits per heavy atom. The maximum atomic E-state index is 13.3. The van der Waals surface area contributed by atoms with Gasteiger partial charge in [-0.05, 0) is 54.2 Å². The predicted octanol–water partition coefficient (Wildman–Crippen LogP) is 5.25. The molecule has 230 valence electrons. The molecule has 9 nitrogen and oxygen atoms in total. The summed E-state index contributed by atoms with van der Waals surface area (Å²) in [5.74, 6) is 2.08. The SMILES string of the molecule is COc1ccc(CCNC(=O)CSc2nc(Cl)cc(N3CCN(C(=O)c4ccc(C(C)(C)C)cc4)C(C)C3)n2)cc1OC. The second-order valence-electron chi connectivity index (χ2n) is 11.5. The van der Waals surface area contributed by atoms with Gasteiger partial charge in [0.2, 0.25) is 5.91 Å². The molecule has 4 rings (SSSR count). The fourth-order valence-electron chi connectivity index (χ4n) is 4.92. The number of methoxy groups -OCH3 is 2. The number of piperazine rings is 1. The van der Waals surface area contributed by atoms with Gasteiger partial charge in [0, 0.05) is 43.9 Å². The Morgan fingerprint density at radius 2 is 1.74 bits per heavy atom. The molecule has 0 radical (unpaired) electrons. The standard InChI is InChI=1S/C32H40ClN5O4S/c1-21-19-37(15-16-38(21)30(40)23-8-10-24(11-9-23)32(2,3)4)28-18-27(33)35-31(36-28)43-20-29(39)34-14-13-22-7-12-25(41-5)26(17-22)42-6/h7-12,17-18,21H,13-16,19-20H2,1-6H3,(H,34,39). The van der Waals surface area contributed by atoms with Crippen molar-refractivity contribution in [1.29, 1.82) is 0 Å². The number of nitrogens with one attached hydrogen (secondary N) is 1. The fraction of sp³-hybridized carbons (Fsp3) is 0.438. The second kappa shape index (κ2) is 14.3. The van der Waals surface area contributed by atoms with E-state index in [-0.39, 0.29) is 29.0 Å². The molecule has 1 aliphatic rings. The number of thioether (sulfide) groups is 1. The molecular formula is C32H40ClN5O4S. The average molecular weight is 626 g/mol. The van der Waals surface area contributed by atoms with E-state index in [9.17, 15) is 9.59 Å². The fourth-order valence-corrected chi connectivity index (χ4v) is 5.83. The van der Waals surface area contributed by atoms with Gasteiger partial charge in [0.15, 0.2) is 16.7 Å². The Hall–Kier alpha value is -3.50. The molecule has 0 spiro atoms. The van der Waals surface area contributed by atoms with Crippen molar-refractivity contribution < 1.29 is 19.1 Å². The van der Waals surface area contributed by atoms with Gasteiger partial charge in [-0.2, -0.15) is 0 Å². The predicted molar refractivity (Wildman–Crippen MR) is 172 cm³/mol. The van der Waals surface area contributed by atoms with E-state index >= 15 is 0 Å². The molecule has 1 aromatic heterocycles. The number of rotatable bonds is 10. The minimum atomic E-state index is -0.119. The first kappa shape index (κ1) is 32.4. The van der Waals surface area contributed by atoms with E-state index in [4.69, 9.17) is 21.1 Å². The third-order valence-electron chi connectivity index (χ3n) is 7.39. The zero-order valence-corrected chi connectivity index (χ0v) is 27.2. The minimum Gasteiger partial charge on any atom is -0.493 e. The van der Waals surface area contributed by atoms with Crippen LogP contribution < -0.4 is 19.7 Å². The van der Waals surface area contributed by atoms with Crippen molar-refractivity contribution in [2.24, 2.45) is 0 Å². The number of hydrogen-bond donors (Lipinski definition) is 1. The van der Waals surface area contributed by atoms with Crippen molar-refractivity contribution in [1.82, 2.24) is 20.2 Å². The molecular weight excluding hydrogens is 586 g/mol. The van der Waals surface area contributed by atoms with Crippen LogP contribution in [0.3, 0.4) is 0 Å². The minimum absolute atomic E-state index is 0.0233. The largest absolute Gasteiger partial charge is 0.493 e. The number of halogens is 1. The zero-order chi connectivity index (χ0) is 31.1. The third-order valence-corrected chi connectivity index (χ3v) is 8.43. The van der Waals surface area contributed by atoms with E-state index in [1.165, 1.54) is 17.3 Å². The Labute approximate surface area is 263 Å². The van der Waals surface area contributed by atoms with Crippen LogP contribution in [-0.2, 0) is 16.6 Å². The normalized spacial score (nSPS) is 15.3. The summed E-state index contributed by atoms with van der Waals surface area (Å²) < 4.78 is 10.6. The van der Waals surface area contributed by atoms with Gasteiger partial charge in [-0.25, -0.2) is 9.97 Å². The Kier molecular flexibility index (Phi) is 10.8. The van der Waals surface area contributed by atoms with Gasteiger partial charge in [0.05, 0.1) is 20.0 Å². The van der Waals surface area contributed by atoms with Crippen LogP contribution in [0.15, 0.2) is 53.7 Å². The van der Waals surface area contributed by atoms with Crippen LogP contribution in [0.1, 0.15) is 49.2 Å². The topological polar surface area (TPSA) is 96.9 Å². The summed E-state index contributed by atoms with van der Waals surface area (Å²) in [6.07, 6.45) is 0.656. The number of anilines is 1. The van der Waals surface area contributed by atoms with E-state index in [2.05, 4.69) is 41.0 Å². The number of amides is 2. The van der Waals surface area contributed by atoms with Crippen molar-refractivity contribution in [2.75, 3.05) is 51.1 Å². The van der Waals surface area contributed by atoms with E-state index in [0.29, 0.717) is 65.8 Å². The summed E-state index contributed by atoms with van der Waals surface area (Å²) in [7, 11) is 3.19. The summed E-state index contributed by atoms with van der Waals surface area (Å²) in [4.78, 5) is 38.8. The highest BCUT2D eigenvalue weighted by atomic mass is 35.5. The molecule has 1 aliphatic heterocycles. The Balaban J connectivity index is 1.29. The van der Waals surface area contributed by atoms with Gasteiger partial charge in [-0.1, -0.05) is 62.3 Å². The Morgan fingerprint density at radius 1 is 1.02 bits per heavy atom. The number of aromatic nitrogens is 2. The van der Waals surface area contributed by atoms with E-state index in [0.717, 1.165) is 5.56 Å². The van der Waals surface area contributed by atoms with Crippen molar-refractivity contribution in [3.8, 4) is 11.5 Å². The lowest BCUT2D eigenvalue weighted by Crippen LogP contribution is -2.54. The highest BCUT2D eigenvalue weighted by molar-refractivity contribution is 7.99. The molecule has 0 bridgehead atoms. The van der Waals surface area contributed by atoms with Gasteiger partial charge in [0.25, 0.3) is 5.91 Å².